The average molecular weight is 255 g/mol. The molecule has 1 nitrogen and oxygen atoms in total. The van der Waals surface area contributed by atoms with Gasteiger partial charge in [-0.1, -0.05) is 31.5 Å². The zero-order chi connectivity index (χ0) is 15.0. The minimum atomic E-state index is 0.435. The van der Waals surface area contributed by atoms with E-state index < -0.39 is 0 Å². The SMILES string of the molecule is [2H]c1c(C)c(C(C)C)cc(-c2ccc(C)cc2C)[n+]1C. The molecule has 19 heavy (non-hydrogen) atoms. The van der Waals surface area contributed by atoms with Crippen molar-refractivity contribution < 1.29 is 5.94 Å². The van der Waals surface area contributed by atoms with Gasteiger partial charge in [0.05, 0.1) is 0 Å². The van der Waals surface area contributed by atoms with Crippen molar-refractivity contribution in [2.75, 3.05) is 0 Å². The van der Waals surface area contributed by atoms with E-state index in [2.05, 4.69) is 52.0 Å². The first-order chi connectivity index (χ1) is 9.32. The Balaban J connectivity index is 2.74. The van der Waals surface area contributed by atoms with Gasteiger partial charge in [0, 0.05) is 17.2 Å². The maximum atomic E-state index is 8.34. The molecule has 0 aliphatic heterocycles. The van der Waals surface area contributed by atoms with Crippen molar-refractivity contribution in [2.45, 2.75) is 40.5 Å². The Bertz CT molecular complexity index is 657. The summed E-state index contributed by atoms with van der Waals surface area (Å²) in [4.78, 5) is 0. The number of hydrogen-bond acceptors (Lipinski definition) is 0. The summed E-state index contributed by atoms with van der Waals surface area (Å²) in [7, 11) is 1.98. The molecule has 1 aromatic heterocycles. The van der Waals surface area contributed by atoms with Crippen LogP contribution in [0.5, 0.6) is 0 Å². The van der Waals surface area contributed by atoms with Crippen LogP contribution in [0.4, 0.5) is 0 Å². The van der Waals surface area contributed by atoms with Gasteiger partial charge in [-0.05, 0) is 43.9 Å². The Morgan fingerprint density at radius 1 is 1.05 bits per heavy atom. The average Bonchev–Trinajstić information content (AvgIpc) is 2.37. The molecule has 0 bridgehead atoms. The molecule has 0 amide bonds. The summed E-state index contributed by atoms with van der Waals surface area (Å²) in [5.74, 6) is 0.435. The van der Waals surface area contributed by atoms with Crippen LogP contribution in [0.1, 0.15) is 43.4 Å². The van der Waals surface area contributed by atoms with Crippen molar-refractivity contribution in [3.05, 3.63) is 52.7 Å². The predicted molar refractivity (Wildman–Crippen MR) is 81.4 cm³/mol. The van der Waals surface area contributed by atoms with E-state index in [9.17, 15) is 0 Å². The molecule has 0 unspecified atom stereocenters. The molecule has 0 aliphatic carbocycles. The topological polar surface area (TPSA) is 3.88 Å². The molecule has 1 heterocycles. The Morgan fingerprint density at radius 2 is 1.74 bits per heavy atom. The molecule has 0 saturated heterocycles. The molecule has 2 aromatic rings. The van der Waals surface area contributed by atoms with E-state index in [4.69, 9.17) is 1.37 Å². The third-order valence-corrected chi connectivity index (χ3v) is 3.70. The van der Waals surface area contributed by atoms with Crippen molar-refractivity contribution in [1.82, 2.24) is 0 Å². The lowest BCUT2D eigenvalue weighted by atomic mass is 9.95. The highest BCUT2D eigenvalue weighted by Crippen LogP contribution is 2.26. The lowest BCUT2D eigenvalue weighted by Crippen LogP contribution is -2.32. The zero-order valence-corrected chi connectivity index (χ0v) is 12.8. The second-order valence-corrected chi connectivity index (χ2v) is 5.75. The summed E-state index contributed by atoms with van der Waals surface area (Å²) < 4.78 is 10.3. The molecule has 1 heteroatoms. The van der Waals surface area contributed by atoms with E-state index in [0.717, 1.165) is 11.3 Å². The smallest absolute Gasteiger partial charge is 0.201 e. The third kappa shape index (κ3) is 2.70. The van der Waals surface area contributed by atoms with Crippen LogP contribution in [0.15, 0.2) is 30.4 Å². The summed E-state index contributed by atoms with van der Waals surface area (Å²) in [6.45, 7) is 10.7. The molecular formula is C18H24N+. The Kier molecular flexibility index (Phi) is 3.37. The molecule has 0 saturated carbocycles. The predicted octanol–water partition coefficient (Wildman–Crippen LogP) is 4.23. The Labute approximate surface area is 118 Å². The summed E-state index contributed by atoms with van der Waals surface area (Å²) >= 11 is 0. The summed E-state index contributed by atoms with van der Waals surface area (Å²) in [6, 6.07) is 8.75. The van der Waals surface area contributed by atoms with Crippen LogP contribution in [0.25, 0.3) is 11.3 Å². The van der Waals surface area contributed by atoms with Crippen molar-refractivity contribution >= 4 is 0 Å². The van der Waals surface area contributed by atoms with Gasteiger partial charge in [0.15, 0.2) is 6.17 Å². The molecule has 0 aliphatic rings. The first kappa shape index (κ1) is 12.4. The maximum absolute atomic E-state index is 8.34. The van der Waals surface area contributed by atoms with E-state index in [-0.39, 0.29) is 0 Å². The molecule has 1 aromatic carbocycles. The molecule has 0 N–H and O–H groups in total. The lowest BCUT2D eigenvalue weighted by molar-refractivity contribution is -0.660. The Morgan fingerprint density at radius 3 is 2.32 bits per heavy atom. The van der Waals surface area contributed by atoms with Gasteiger partial charge < -0.3 is 0 Å². The highest BCUT2D eigenvalue weighted by molar-refractivity contribution is 5.62. The fourth-order valence-corrected chi connectivity index (χ4v) is 2.69. The minimum Gasteiger partial charge on any atom is -0.201 e. The van der Waals surface area contributed by atoms with Crippen LogP contribution in [0.2, 0.25) is 0 Å². The van der Waals surface area contributed by atoms with Crippen molar-refractivity contribution in [2.24, 2.45) is 7.05 Å². The van der Waals surface area contributed by atoms with E-state index in [1.165, 1.54) is 22.3 Å². The number of rotatable bonds is 2. The first-order valence-corrected chi connectivity index (χ1v) is 6.90. The second-order valence-electron chi connectivity index (χ2n) is 5.75. The number of pyridine rings is 1. The number of benzene rings is 1. The molecule has 100 valence electrons. The fraction of sp³-hybridized carbons (Fsp3) is 0.389. The van der Waals surface area contributed by atoms with Gasteiger partial charge in [-0.3, -0.25) is 0 Å². The highest BCUT2D eigenvalue weighted by atomic mass is 14.9. The van der Waals surface area contributed by atoms with Gasteiger partial charge in [-0.15, -0.1) is 0 Å². The number of aryl methyl sites for hydroxylation is 2. The van der Waals surface area contributed by atoms with Gasteiger partial charge in [0.25, 0.3) is 0 Å². The largest absolute Gasteiger partial charge is 0.212 e. The van der Waals surface area contributed by atoms with Crippen LogP contribution in [0.3, 0.4) is 0 Å². The van der Waals surface area contributed by atoms with Crippen LogP contribution >= 0.6 is 0 Å². The number of aromatic nitrogens is 1. The summed E-state index contributed by atoms with van der Waals surface area (Å²) in [5, 5.41) is 0. The molecular weight excluding hydrogens is 230 g/mol. The zero-order valence-electron chi connectivity index (χ0n) is 13.8. The highest BCUT2D eigenvalue weighted by Gasteiger charge is 2.16. The minimum absolute atomic E-state index is 0.435. The van der Waals surface area contributed by atoms with Crippen LogP contribution in [0, 0.1) is 20.8 Å². The maximum Gasteiger partial charge on any atom is 0.212 e. The van der Waals surface area contributed by atoms with Crippen LogP contribution in [-0.2, 0) is 7.05 Å². The Hall–Kier alpha value is -1.63. The van der Waals surface area contributed by atoms with Gasteiger partial charge >= 0.3 is 0 Å². The van der Waals surface area contributed by atoms with Crippen LogP contribution in [-0.4, -0.2) is 0 Å². The van der Waals surface area contributed by atoms with E-state index in [1.807, 2.05) is 18.5 Å². The van der Waals surface area contributed by atoms with Crippen molar-refractivity contribution in [1.29, 1.82) is 0 Å². The summed E-state index contributed by atoms with van der Waals surface area (Å²) in [5.41, 5.74) is 7.23. The van der Waals surface area contributed by atoms with Gasteiger partial charge in [-0.25, -0.2) is 4.57 Å². The molecule has 2 rings (SSSR count). The van der Waals surface area contributed by atoms with Crippen molar-refractivity contribution in [3.8, 4) is 11.3 Å². The van der Waals surface area contributed by atoms with E-state index >= 15 is 0 Å². The van der Waals surface area contributed by atoms with Crippen LogP contribution < -0.4 is 4.57 Å². The standard InChI is InChI=1S/C18H24N/c1-12(2)17-10-18(19(6)11-15(17)5)16-8-7-13(3)9-14(16)4/h7-12H,1-6H3/q+1/i11D. The monoisotopic (exact) mass is 255 g/mol. The number of nitrogens with zero attached hydrogens (tertiary/aromatic N) is 1. The molecule has 0 spiro atoms. The van der Waals surface area contributed by atoms with E-state index in [1.54, 1.807) is 0 Å². The first-order valence-electron chi connectivity index (χ1n) is 7.40. The lowest BCUT2D eigenvalue weighted by Gasteiger charge is -2.12. The summed E-state index contributed by atoms with van der Waals surface area (Å²) in [6.07, 6.45) is 0.603. The van der Waals surface area contributed by atoms with Crippen molar-refractivity contribution in [3.63, 3.8) is 0 Å². The molecule has 0 radical (unpaired) electrons. The molecule has 0 fully saturated rings. The second kappa shape index (κ2) is 5.16. The quantitative estimate of drug-likeness (QED) is 0.707. The fourth-order valence-electron chi connectivity index (χ4n) is 2.69. The third-order valence-electron chi connectivity index (χ3n) is 3.70. The normalized spacial score (nSPS) is 11.8. The molecule has 0 atom stereocenters. The van der Waals surface area contributed by atoms with Gasteiger partial charge in [-0.2, -0.15) is 0 Å². The van der Waals surface area contributed by atoms with E-state index in [0.29, 0.717) is 12.1 Å². The van der Waals surface area contributed by atoms with Gasteiger partial charge in [0.1, 0.15) is 8.42 Å². The van der Waals surface area contributed by atoms with Gasteiger partial charge in [0.2, 0.25) is 5.69 Å². The number of hydrogen-bond donors (Lipinski definition) is 0.